The molecule has 1 aromatic carbocycles. The molecule has 1 N–H and O–H groups in total. The van der Waals surface area contributed by atoms with E-state index in [1.165, 1.54) is 6.07 Å². The second-order valence-corrected chi connectivity index (χ2v) is 5.79. The van der Waals surface area contributed by atoms with E-state index in [9.17, 15) is 9.18 Å². The van der Waals surface area contributed by atoms with Crippen molar-refractivity contribution in [1.29, 1.82) is 0 Å². The molecular weight excluding hydrogens is 245 g/mol. The third kappa shape index (κ3) is 2.50. The number of methoxy groups -OCH3 is 1. The van der Waals surface area contributed by atoms with Gasteiger partial charge in [-0.25, -0.2) is 4.39 Å². The van der Waals surface area contributed by atoms with E-state index in [1.807, 2.05) is 20.8 Å². The Bertz CT molecular complexity index is 499. The van der Waals surface area contributed by atoms with Crippen LogP contribution in [0.5, 0.6) is 0 Å². The zero-order chi connectivity index (χ0) is 14.2. The van der Waals surface area contributed by atoms with Gasteiger partial charge in [-0.1, -0.05) is 25.5 Å². The molecule has 1 fully saturated rings. The zero-order valence-electron chi connectivity index (χ0n) is 11.8. The molecule has 0 bridgehead atoms. The molecule has 104 valence electrons. The molecule has 2 unspecified atom stereocenters. The number of halogens is 1. The summed E-state index contributed by atoms with van der Waals surface area (Å²) in [6.45, 7) is 5.93. The quantitative estimate of drug-likeness (QED) is 0.912. The summed E-state index contributed by atoms with van der Waals surface area (Å²) in [6, 6.07) is 4.57. The predicted molar refractivity (Wildman–Crippen MR) is 71.6 cm³/mol. The number of hydrogen-bond donors (Lipinski definition) is 1. The van der Waals surface area contributed by atoms with Crippen molar-refractivity contribution in [2.45, 2.75) is 39.3 Å². The van der Waals surface area contributed by atoms with Crippen LogP contribution in [-0.2, 0) is 4.74 Å². The van der Waals surface area contributed by atoms with Gasteiger partial charge < -0.3 is 10.1 Å². The lowest BCUT2D eigenvalue weighted by atomic mass is 9.64. The van der Waals surface area contributed by atoms with E-state index < -0.39 is 5.82 Å². The van der Waals surface area contributed by atoms with E-state index in [2.05, 4.69) is 5.32 Å². The van der Waals surface area contributed by atoms with Crippen molar-refractivity contribution >= 4 is 5.91 Å². The van der Waals surface area contributed by atoms with E-state index in [1.54, 1.807) is 19.2 Å². The number of aryl methyl sites for hydroxylation is 1. The summed E-state index contributed by atoms with van der Waals surface area (Å²) in [7, 11) is 1.67. The van der Waals surface area contributed by atoms with E-state index in [0.29, 0.717) is 0 Å². The smallest absolute Gasteiger partial charge is 0.254 e. The van der Waals surface area contributed by atoms with Crippen LogP contribution in [0.3, 0.4) is 0 Å². The molecule has 2 rings (SSSR count). The van der Waals surface area contributed by atoms with Gasteiger partial charge in [-0.05, 0) is 25.5 Å². The number of benzene rings is 1. The van der Waals surface area contributed by atoms with E-state index >= 15 is 0 Å². The molecule has 19 heavy (non-hydrogen) atoms. The van der Waals surface area contributed by atoms with Crippen LogP contribution in [-0.4, -0.2) is 25.2 Å². The second-order valence-electron chi connectivity index (χ2n) is 5.79. The molecule has 0 aliphatic heterocycles. The molecule has 1 aliphatic rings. The van der Waals surface area contributed by atoms with Crippen LogP contribution in [0, 0.1) is 18.2 Å². The number of rotatable bonds is 3. The van der Waals surface area contributed by atoms with Crippen LogP contribution in [0.15, 0.2) is 18.2 Å². The lowest BCUT2D eigenvalue weighted by Crippen LogP contribution is -2.61. The summed E-state index contributed by atoms with van der Waals surface area (Å²) in [5.74, 6) is -0.836. The molecule has 0 spiro atoms. The SMILES string of the molecule is COC1CC(NC(=O)c2cc(C)ccc2F)C1(C)C. The number of carbonyl (C=O) groups is 1. The number of nitrogens with one attached hydrogen (secondary N) is 1. The minimum Gasteiger partial charge on any atom is -0.381 e. The highest BCUT2D eigenvalue weighted by molar-refractivity contribution is 5.95. The van der Waals surface area contributed by atoms with Crippen molar-refractivity contribution in [2.24, 2.45) is 5.41 Å². The molecule has 0 radical (unpaired) electrons. The lowest BCUT2D eigenvalue weighted by Gasteiger charge is -2.51. The van der Waals surface area contributed by atoms with Gasteiger partial charge in [-0.2, -0.15) is 0 Å². The fourth-order valence-electron chi connectivity index (χ4n) is 2.58. The fourth-order valence-corrected chi connectivity index (χ4v) is 2.58. The first-order chi connectivity index (χ1) is 8.86. The summed E-state index contributed by atoms with van der Waals surface area (Å²) in [5.41, 5.74) is 0.857. The van der Waals surface area contributed by atoms with Crippen molar-refractivity contribution in [3.05, 3.63) is 35.1 Å². The van der Waals surface area contributed by atoms with E-state index in [4.69, 9.17) is 4.74 Å². The van der Waals surface area contributed by atoms with Crippen LogP contribution in [0.2, 0.25) is 0 Å². The van der Waals surface area contributed by atoms with Crippen LogP contribution in [0.1, 0.15) is 36.2 Å². The first-order valence-corrected chi connectivity index (χ1v) is 6.46. The average Bonchev–Trinajstić information content (AvgIpc) is 2.36. The standard InChI is InChI=1S/C15H20FNO2/c1-9-5-6-11(16)10(7-9)14(18)17-12-8-13(19-4)15(12,2)3/h5-7,12-13H,8H2,1-4H3,(H,17,18). The summed E-state index contributed by atoms with van der Waals surface area (Å²) in [4.78, 5) is 12.1. The highest BCUT2D eigenvalue weighted by Gasteiger charge is 2.49. The van der Waals surface area contributed by atoms with Gasteiger partial charge in [0.15, 0.2) is 0 Å². The Hall–Kier alpha value is -1.42. The Kier molecular flexibility index (Phi) is 3.63. The molecule has 1 amide bonds. The highest BCUT2D eigenvalue weighted by atomic mass is 19.1. The first kappa shape index (κ1) is 14.0. The van der Waals surface area contributed by atoms with Gasteiger partial charge in [0.05, 0.1) is 11.7 Å². The first-order valence-electron chi connectivity index (χ1n) is 6.46. The molecule has 0 heterocycles. The van der Waals surface area contributed by atoms with Gasteiger partial charge in [0.1, 0.15) is 5.82 Å². The normalized spacial score (nSPS) is 24.7. The second kappa shape index (κ2) is 4.93. The Balaban J connectivity index is 2.09. The molecule has 2 atom stereocenters. The maximum Gasteiger partial charge on any atom is 0.254 e. The number of carbonyl (C=O) groups excluding carboxylic acids is 1. The summed E-state index contributed by atoms with van der Waals surface area (Å²) < 4.78 is 19.0. The minimum absolute atomic E-state index is 0.0184. The van der Waals surface area contributed by atoms with Crippen molar-refractivity contribution in [1.82, 2.24) is 5.32 Å². The maximum atomic E-state index is 13.6. The van der Waals surface area contributed by atoms with E-state index in [-0.39, 0.29) is 29.0 Å². The predicted octanol–water partition coefficient (Wildman–Crippen LogP) is 2.68. The summed E-state index contributed by atoms with van der Waals surface area (Å²) in [5, 5.41) is 2.90. The zero-order valence-corrected chi connectivity index (χ0v) is 11.8. The topological polar surface area (TPSA) is 38.3 Å². The van der Waals surface area contributed by atoms with Gasteiger partial charge >= 0.3 is 0 Å². The molecule has 0 aromatic heterocycles. The third-order valence-corrected chi connectivity index (χ3v) is 4.13. The average molecular weight is 265 g/mol. The van der Waals surface area contributed by atoms with Gasteiger partial charge in [0, 0.05) is 18.6 Å². The van der Waals surface area contributed by atoms with Gasteiger partial charge in [-0.3, -0.25) is 4.79 Å². The van der Waals surface area contributed by atoms with Gasteiger partial charge in [0.25, 0.3) is 5.91 Å². The highest BCUT2D eigenvalue weighted by Crippen LogP contribution is 2.42. The van der Waals surface area contributed by atoms with Crippen molar-refractivity contribution in [2.75, 3.05) is 7.11 Å². The summed E-state index contributed by atoms with van der Waals surface area (Å²) >= 11 is 0. The summed E-state index contributed by atoms with van der Waals surface area (Å²) in [6.07, 6.45) is 0.906. The van der Waals surface area contributed by atoms with Crippen molar-refractivity contribution in [3.8, 4) is 0 Å². The number of amides is 1. The van der Waals surface area contributed by atoms with Crippen molar-refractivity contribution in [3.63, 3.8) is 0 Å². The molecule has 1 aliphatic carbocycles. The van der Waals surface area contributed by atoms with E-state index in [0.717, 1.165) is 12.0 Å². The molecule has 1 aromatic rings. The van der Waals surface area contributed by atoms with Gasteiger partial charge in [-0.15, -0.1) is 0 Å². The number of hydrogen-bond acceptors (Lipinski definition) is 2. The molecular formula is C15H20FNO2. The van der Waals surface area contributed by atoms with Crippen molar-refractivity contribution < 1.29 is 13.9 Å². The maximum absolute atomic E-state index is 13.6. The Labute approximate surface area is 113 Å². The largest absolute Gasteiger partial charge is 0.381 e. The fraction of sp³-hybridized carbons (Fsp3) is 0.533. The number of ether oxygens (including phenoxy) is 1. The van der Waals surface area contributed by atoms with Crippen LogP contribution in [0.4, 0.5) is 4.39 Å². The van der Waals surface area contributed by atoms with Crippen LogP contribution >= 0.6 is 0 Å². The molecule has 3 nitrogen and oxygen atoms in total. The minimum atomic E-state index is -0.483. The monoisotopic (exact) mass is 265 g/mol. The van der Waals surface area contributed by atoms with Crippen LogP contribution < -0.4 is 5.32 Å². The molecule has 1 saturated carbocycles. The Morgan fingerprint density at radius 3 is 2.74 bits per heavy atom. The molecule has 4 heteroatoms. The lowest BCUT2D eigenvalue weighted by molar-refractivity contribution is -0.0942. The Morgan fingerprint density at radius 1 is 1.47 bits per heavy atom. The Morgan fingerprint density at radius 2 is 2.16 bits per heavy atom. The van der Waals surface area contributed by atoms with Gasteiger partial charge in [0.2, 0.25) is 0 Å². The van der Waals surface area contributed by atoms with Crippen LogP contribution in [0.25, 0.3) is 0 Å². The third-order valence-electron chi connectivity index (χ3n) is 4.13. The molecule has 0 saturated heterocycles.